The highest BCUT2D eigenvalue weighted by Crippen LogP contribution is 2.27. The van der Waals surface area contributed by atoms with Crippen molar-refractivity contribution < 1.29 is 4.52 Å². The van der Waals surface area contributed by atoms with Crippen LogP contribution in [0.4, 0.5) is 0 Å². The molecule has 0 aliphatic carbocycles. The van der Waals surface area contributed by atoms with Gasteiger partial charge in [0, 0.05) is 5.56 Å². The average molecular weight is 279 g/mol. The van der Waals surface area contributed by atoms with Gasteiger partial charge in [0.05, 0.1) is 0 Å². The third kappa shape index (κ3) is 2.58. The zero-order chi connectivity index (χ0) is 14.9. The van der Waals surface area contributed by atoms with Gasteiger partial charge in [-0.05, 0) is 19.4 Å². The van der Waals surface area contributed by atoms with Crippen LogP contribution >= 0.6 is 0 Å². The summed E-state index contributed by atoms with van der Waals surface area (Å²) in [6.45, 7) is 3.91. The molecule has 21 heavy (non-hydrogen) atoms. The zero-order valence-electron chi connectivity index (χ0n) is 12.1. The molecule has 0 amide bonds. The van der Waals surface area contributed by atoms with Crippen molar-refractivity contribution in [2.24, 2.45) is 5.73 Å². The molecule has 0 aliphatic heterocycles. The van der Waals surface area contributed by atoms with Gasteiger partial charge in [-0.2, -0.15) is 4.98 Å². The Morgan fingerprint density at radius 3 is 2.33 bits per heavy atom. The Bertz CT molecular complexity index is 730. The lowest BCUT2D eigenvalue weighted by atomic mass is 9.93. The van der Waals surface area contributed by atoms with Crippen LogP contribution < -0.4 is 5.73 Å². The van der Waals surface area contributed by atoms with Crippen LogP contribution in [0, 0.1) is 6.92 Å². The predicted molar refractivity (Wildman–Crippen MR) is 81.6 cm³/mol. The van der Waals surface area contributed by atoms with E-state index in [0.717, 1.165) is 11.1 Å². The Morgan fingerprint density at radius 1 is 1.00 bits per heavy atom. The normalized spacial score (nSPS) is 13.9. The number of hydrogen-bond donors (Lipinski definition) is 1. The van der Waals surface area contributed by atoms with E-state index in [0.29, 0.717) is 11.7 Å². The minimum absolute atomic E-state index is 0.407. The summed E-state index contributed by atoms with van der Waals surface area (Å²) in [6, 6.07) is 17.7. The third-order valence-corrected chi connectivity index (χ3v) is 3.55. The molecule has 2 N–H and O–H groups in total. The second kappa shape index (κ2) is 5.14. The van der Waals surface area contributed by atoms with Crippen molar-refractivity contribution in [2.75, 3.05) is 0 Å². The van der Waals surface area contributed by atoms with Gasteiger partial charge in [-0.3, -0.25) is 0 Å². The number of aryl methyl sites for hydroxylation is 1. The SMILES string of the molecule is Cc1ccc(-c2noc(C(C)(N)c3ccccc3)n2)cc1. The number of nitrogens with zero attached hydrogens (tertiary/aromatic N) is 2. The first-order valence-electron chi connectivity index (χ1n) is 6.83. The molecule has 106 valence electrons. The maximum atomic E-state index is 6.38. The molecule has 1 heterocycles. The number of rotatable bonds is 3. The summed E-state index contributed by atoms with van der Waals surface area (Å²) in [4.78, 5) is 4.46. The van der Waals surface area contributed by atoms with E-state index in [2.05, 4.69) is 10.1 Å². The van der Waals surface area contributed by atoms with Crippen LogP contribution in [0.5, 0.6) is 0 Å². The molecule has 0 saturated carbocycles. The Kier molecular flexibility index (Phi) is 3.31. The van der Waals surface area contributed by atoms with E-state index in [1.54, 1.807) is 0 Å². The largest absolute Gasteiger partial charge is 0.337 e. The summed E-state index contributed by atoms with van der Waals surface area (Å²) in [5, 5.41) is 4.04. The number of hydrogen-bond acceptors (Lipinski definition) is 4. The van der Waals surface area contributed by atoms with Crippen molar-refractivity contribution in [3.63, 3.8) is 0 Å². The van der Waals surface area contributed by atoms with E-state index in [1.807, 2.05) is 68.4 Å². The van der Waals surface area contributed by atoms with Gasteiger partial charge in [-0.1, -0.05) is 65.3 Å². The van der Waals surface area contributed by atoms with E-state index in [1.165, 1.54) is 5.56 Å². The van der Waals surface area contributed by atoms with Gasteiger partial charge in [0.2, 0.25) is 5.82 Å². The summed E-state index contributed by atoms with van der Waals surface area (Å²) in [5.41, 5.74) is 8.61. The summed E-state index contributed by atoms with van der Waals surface area (Å²) in [7, 11) is 0. The van der Waals surface area contributed by atoms with Gasteiger partial charge >= 0.3 is 0 Å². The third-order valence-electron chi connectivity index (χ3n) is 3.55. The van der Waals surface area contributed by atoms with Crippen molar-refractivity contribution >= 4 is 0 Å². The molecule has 1 unspecified atom stereocenters. The van der Waals surface area contributed by atoms with Crippen LogP contribution in [0.2, 0.25) is 0 Å². The first-order valence-corrected chi connectivity index (χ1v) is 6.83. The monoisotopic (exact) mass is 279 g/mol. The minimum atomic E-state index is -0.808. The van der Waals surface area contributed by atoms with Crippen LogP contribution in [0.15, 0.2) is 59.1 Å². The maximum Gasteiger partial charge on any atom is 0.251 e. The number of aromatic nitrogens is 2. The van der Waals surface area contributed by atoms with Gasteiger partial charge in [0.1, 0.15) is 5.54 Å². The minimum Gasteiger partial charge on any atom is -0.337 e. The molecule has 1 atom stereocenters. The highest BCUT2D eigenvalue weighted by atomic mass is 16.5. The molecule has 3 aromatic rings. The molecule has 4 nitrogen and oxygen atoms in total. The van der Waals surface area contributed by atoms with Crippen LogP contribution in [0.1, 0.15) is 23.9 Å². The van der Waals surface area contributed by atoms with Crippen molar-refractivity contribution in [1.29, 1.82) is 0 Å². The summed E-state index contributed by atoms with van der Waals surface area (Å²) in [5.74, 6) is 0.960. The lowest BCUT2D eigenvalue weighted by molar-refractivity contribution is 0.325. The Morgan fingerprint density at radius 2 is 1.67 bits per heavy atom. The number of nitrogens with two attached hydrogens (primary N) is 1. The second-order valence-electron chi connectivity index (χ2n) is 5.36. The Labute approximate surface area is 123 Å². The zero-order valence-corrected chi connectivity index (χ0v) is 12.1. The molecule has 3 rings (SSSR count). The molecule has 0 fully saturated rings. The lowest BCUT2D eigenvalue weighted by Crippen LogP contribution is -2.34. The molecular weight excluding hydrogens is 262 g/mol. The molecule has 0 radical (unpaired) electrons. The van der Waals surface area contributed by atoms with E-state index in [4.69, 9.17) is 10.3 Å². The molecule has 1 aromatic heterocycles. The van der Waals surface area contributed by atoms with Crippen molar-refractivity contribution in [1.82, 2.24) is 10.1 Å². The fourth-order valence-corrected chi connectivity index (χ4v) is 2.16. The van der Waals surface area contributed by atoms with E-state index < -0.39 is 5.54 Å². The molecular formula is C17H17N3O. The van der Waals surface area contributed by atoms with Crippen molar-refractivity contribution in [2.45, 2.75) is 19.4 Å². The highest BCUT2D eigenvalue weighted by molar-refractivity contribution is 5.54. The highest BCUT2D eigenvalue weighted by Gasteiger charge is 2.30. The van der Waals surface area contributed by atoms with E-state index in [9.17, 15) is 0 Å². The van der Waals surface area contributed by atoms with Crippen molar-refractivity contribution in [3.05, 3.63) is 71.6 Å². The summed E-state index contributed by atoms with van der Waals surface area (Å²) >= 11 is 0. The second-order valence-corrected chi connectivity index (χ2v) is 5.36. The van der Waals surface area contributed by atoms with Crippen LogP contribution in [-0.2, 0) is 5.54 Å². The Balaban J connectivity index is 1.96. The van der Waals surface area contributed by atoms with Crippen LogP contribution in [-0.4, -0.2) is 10.1 Å². The van der Waals surface area contributed by atoms with Gasteiger partial charge in [-0.15, -0.1) is 0 Å². The van der Waals surface area contributed by atoms with Crippen LogP contribution in [0.25, 0.3) is 11.4 Å². The van der Waals surface area contributed by atoms with E-state index >= 15 is 0 Å². The number of benzene rings is 2. The average Bonchev–Trinajstić information content (AvgIpc) is 2.99. The predicted octanol–water partition coefficient (Wildman–Crippen LogP) is 3.27. The first kappa shape index (κ1) is 13.5. The van der Waals surface area contributed by atoms with Crippen LogP contribution in [0.3, 0.4) is 0 Å². The summed E-state index contributed by atoms with van der Waals surface area (Å²) < 4.78 is 5.38. The van der Waals surface area contributed by atoms with Gasteiger partial charge in [0.25, 0.3) is 5.89 Å². The molecule has 0 bridgehead atoms. The first-order chi connectivity index (χ1) is 10.1. The topological polar surface area (TPSA) is 64.9 Å². The fraction of sp³-hybridized carbons (Fsp3) is 0.176. The standard InChI is InChI=1S/C17H17N3O/c1-12-8-10-13(11-9-12)15-19-16(21-20-15)17(2,18)14-6-4-3-5-7-14/h3-11H,18H2,1-2H3. The molecule has 0 spiro atoms. The van der Waals surface area contributed by atoms with Gasteiger partial charge in [-0.25, -0.2) is 0 Å². The smallest absolute Gasteiger partial charge is 0.251 e. The molecule has 0 saturated heterocycles. The molecule has 4 heteroatoms. The van der Waals surface area contributed by atoms with Gasteiger partial charge in [0.15, 0.2) is 0 Å². The quantitative estimate of drug-likeness (QED) is 0.799. The molecule has 2 aromatic carbocycles. The lowest BCUT2D eigenvalue weighted by Gasteiger charge is -2.20. The van der Waals surface area contributed by atoms with Crippen molar-refractivity contribution in [3.8, 4) is 11.4 Å². The van der Waals surface area contributed by atoms with E-state index in [-0.39, 0.29) is 0 Å². The fourth-order valence-electron chi connectivity index (χ4n) is 2.16. The maximum absolute atomic E-state index is 6.38. The van der Waals surface area contributed by atoms with Gasteiger partial charge < -0.3 is 10.3 Å². The molecule has 0 aliphatic rings. The summed E-state index contributed by atoms with van der Waals surface area (Å²) in [6.07, 6.45) is 0. The Hall–Kier alpha value is -2.46.